The zero-order valence-electron chi connectivity index (χ0n) is 15.2. The van der Waals surface area contributed by atoms with Gasteiger partial charge in [0.1, 0.15) is 0 Å². The largest absolute Gasteiger partial charge is 0.332 e. The van der Waals surface area contributed by atoms with Crippen molar-refractivity contribution in [3.05, 3.63) is 5.82 Å². The molecule has 0 bridgehead atoms. The number of nitrogens with zero attached hydrogens (tertiary/aromatic N) is 4. The first-order valence-electron chi connectivity index (χ1n) is 10.0. The second kappa shape index (κ2) is 9.27. The molecule has 2 fully saturated rings. The molecule has 3 N–H and O–H groups in total. The van der Waals surface area contributed by atoms with Crippen LogP contribution in [0.15, 0.2) is 0 Å². The minimum Gasteiger partial charge on any atom is -0.332 e. The Morgan fingerprint density at radius 3 is 2.44 bits per heavy atom. The van der Waals surface area contributed by atoms with Gasteiger partial charge in [0.2, 0.25) is 5.91 Å². The van der Waals surface area contributed by atoms with E-state index >= 15 is 0 Å². The Balaban J connectivity index is 1.55. The van der Waals surface area contributed by atoms with E-state index in [0.29, 0.717) is 30.7 Å². The van der Waals surface area contributed by atoms with Crippen molar-refractivity contribution in [1.82, 2.24) is 25.5 Å². The van der Waals surface area contributed by atoms with Gasteiger partial charge in [-0.05, 0) is 48.4 Å². The summed E-state index contributed by atoms with van der Waals surface area (Å²) in [6.07, 6.45) is 13.5. The number of hydrogen-bond donors (Lipinski definition) is 2. The van der Waals surface area contributed by atoms with Crippen LogP contribution < -0.4 is 5.73 Å². The number of nitrogens with one attached hydrogen (secondary N) is 1. The van der Waals surface area contributed by atoms with Gasteiger partial charge >= 0.3 is 0 Å². The molecule has 140 valence electrons. The summed E-state index contributed by atoms with van der Waals surface area (Å²) in [7, 11) is 0. The lowest BCUT2D eigenvalue weighted by atomic mass is 9.82. The number of aromatic amines is 1. The van der Waals surface area contributed by atoms with E-state index < -0.39 is 0 Å². The molecule has 2 aliphatic carbocycles. The smallest absolute Gasteiger partial charge is 0.223 e. The lowest BCUT2D eigenvalue weighted by molar-refractivity contribution is -0.135. The minimum atomic E-state index is 0.157. The van der Waals surface area contributed by atoms with Gasteiger partial charge in [0.15, 0.2) is 5.82 Å². The van der Waals surface area contributed by atoms with Gasteiger partial charge in [0.25, 0.3) is 0 Å². The summed E-state index contributed by atoms with van der Waals surface area (Å²) >= 11 is 0. The van der Waals surface area contributed by atoms with Crippen LogP contribution in [0.5, 0.6) is 0 Å². The van der Waals surface area contributed by atoms with Gasteiger partial charge in [0.05, 0.1) is 6.54 Å². The van der Waals surface area contributed by atoms with Crippen molar-refractivity contribution in [2.75, 3.05) is 0 Å². The highest BCUT2D eigenvalue weighted by molar-refractivity contribution is 5.76. The standard InChI is InChI=1S/C18H32N6O/c19-16(14-7-3-1-4-8-14)11-12-18(25)24(13-17-20-22-23-21-17)15-9-5-2-6-10-15/h14-16H,1-13,19H2,(H,20,21,22,23). The fraction of sp³-hybridized carbons (Fsp3) is 0.889. The molecule has 2 saturated carbocycles. The maximum atomic E-state index is 12.9. The first-order chi connectivity index (χ1) is 12.2. The molecule has 1 unspecified atom stereocenters. The third-order valence-corrected chi connectivity index (χ3v) is 5.99. The first-order valence-corrected chi connectivity index (χ1v) is 10.0. The normalized spacial score (nSPS) is 21.2. The number of hydrogen-bond acceptors (Lipinski definition) is 5. The summed E-state index contributed by atoms with van der Waals surface area (Å²) in [6, 6.07) is 0.474. The molecule has 0 aromatic carbocycles. The van der Waals surface area contributed by atoms with Crippen LogP contribution in [0, 0.1) is 5.92 Å². The topological polar surface area (TPSA) is 101 Å². The quantitative estimate of drug-likeness (QED) is 0.788. The fourth-order valence-electron chi connectivity index (χ4n) is 4.45. The molecule has 0 saturated heterocycles. The van der Waals surface area contributed by atoms with Crippen molar-refractivity contribution >= 4 is 5.91 Å². The van der Waals surface area contributed by atoms with Gasteiger partial charge in [-0.15, -0.1) is 5.10 Å². The van der Waals surface area contributed by atoms with E-state index in [1.165, 1.54) is 51.4 Å². The highest BCUT2D eigenvalue weighted by Gasteiger charge is 2.28. The number of nitrogens with two attached hydrogens (primary N) is 1. The Morgan fingerprint density at radius 1 is 1.12 bits per heavy atom. The van der Waals surface area contributed by atoms with Crippen molar-refractivity contribution in [2.45, 2.75) is 95.7 Å². The number of amides is 1. The van der Waals surface area contributed by atoms with Crippen molar-refractivity contribution in [1.29, 1.82) is 0 Å². The molecule has 0 radical (unpaired) electrons. The van der Waals surface area contributed by atoms with Gasteiger partial charge in [-0.1, -0.05) is 38.5 Å². The predicted molar refractivity (Wildman–Crippen MR) is 95.4 cm³/mol. The zero-order valence-corrected chi connectivity index (χ0v) is 15.2. The lowest BCUT2D eigenvalue weighted by Crippen LogP contribution is -2.42. The van der Waals surface area contributed by atoms with E-state index in [1.54, 1.807) is 0 Å². The average molecular weight is 348 g/mol. The molecule has 25 heavy (non-hydrogen) atoms. The fourth-order valence-corrected chi connectivity index (χ4v) is 4.45. The number of aromatic nitrogens is 4. The van der Waals surface area contributed by atoms with E-state index in [1.807, 2.05) is 4.90 Å². The highest BCUT2D eigenvalue weighted by Crippen LogP contribution is 2.28. The molecule has 3 rings (SSSR count). The Hall–Kier alpha value is -1.50. The molecule has 7 nitrogen and oxygen atoms in total. The van der Waals surface area contributed by atoms with Crippen molar-refractivity contribution in [2.24, 2.45) is 11.7 Å². The molecule has 2 aliphatic rings. The molecule has 1 atom stereocenters. The molecule has 1 heterocycles. The molecular formula is C18H32N6O. The maximum absolute atomic E-state index is 12.9. The first kappa shape index (κ1) is 18.3. The van der Waals surface area contributed by atoms with Crippen LogP contribution in [0.2, 0.25) is 0 Å². The molecule has 1 amide bonds. The molecule has 0 spiro atoms. The second-order valence-corrected chi connectivity index (χ2v) is 7.76. The lowest BCUT2D eigenvalue weighted by Gasteiger charge is -2.34. The predicted octanol–water partition coefficient (Wildman–Crippen LogP) is 2.55. The van der Waals surface area contributed by atoms with Gasteiger partial charge in [-0.2, -0.15) is 0 Å². The SMILES string of the molecule is NC(CCC(=O)N(Cc1nnn[nH]1)C1CCCCC1)C1CCCCC1. The van der Waals surface area contributed by atoms with E-state index in [0.717, 1.165) is 19.3 Å². The Bertz CT molecular complexity index is 508. The third kappa shape index (κ3) is 5.23. The summed E-state index contributed by atoms with van der Waals surface area (Å²) in [4.78, 5) is 14.9. The third-order valence-electron chi connectivity index (χ3n) is 5.99. The Labute approximate surface area is 150 Å². The van der Waals surface area contributed by atoms with Crippen LogP contribution in [0.25, 0.3) is 0 Å². The number of tetrazole rings is 1. The van der Waals surface area contributed by atoms with Crippen LogP contribution in [0.4, 0.5) is 0 Å². The van der Waals surface area contributed by atoms with Crippen molar-refractivity contribution in [3.63, 3.8) is 0 Å². The van der Waals surface area contributed by atoms with E-state index in [2.05, 4.69) is 20.6 Å². The van der Waals surface area contributed by atoms with E-state index in [-0.39, 0.29) is 11.9 Å². The molecule has 1 aromatic rings. The van der Waals surface area contributed by atoms with Gasteiger partial charge in [0, 0.05) is 18.5 Å². The van der Waals surface area contributed by atoms with Gasteiger partial charge in [-0.25, -0.2) is 5.10 Å². The number of rotatable bonds is 7. The average Bonchev–Trinajstić information content (AvgIpc) is 3.18. The van der Waals surface area contributed by atoms with Crippen LogP contribution in [0.1, 0.15) is 82.9 Å². The zero-order chi connectivity index (χ0) is 17.5. The van der Waals surface area contributed by atoms with Gasteiger partial charge in [-0.3, -0.25) is 4.79 Å². The minimum absolute atomic E-state index is 0.157. The molecular weight excluding hydrogens is 316 g/mol. The molecule has 0 aliphatic heterocycles. The van der Waals surface area contributed by atoms with Crippen LogP contribution >= 0.6 is 0 Å². The highest BCUT2D eigenvalue weighted by atomic mass is 16.2. The van der Waals surface area contributed by atoms with E-state index in [9.17, 15) is 4.79 Å². The van der Waals surface area contributed by atoms with Crippen LogP contribution in [0.3, 0.4) is 0 Å². The maximum Gasteiger partial charge on any atom is 0.223 e. The number of carbonyl (C=O) groups excluding carboxylic acids is 1. The van der Waals surface area contributed by atoms with E-state index in [4.69, 9.17) is 5.73 Å². The molecule has 7 heteroatoms. The van der Waals surface area contributed by atoms with Crippen LogP contribution in [-0.2, 0) is 11.3 Å². The monoisotopic (exact) mass is 348 g/mol. The summed E-state index contributed by atoms with van der Waals surface area (Å²) in [6.45, 7) is 0.481. The van der Waals surface area contributed by atoms with Crippen molar-refractivity contribution in [3.8, 4) is 0 Å². The second-order valence-electron chi connectivity index (χ2n) is 7.76. The van der Waals surface area contributed by atoms with Crippen molar-refractivity contribution < 1.29 is 4.79 Å². The summed E-state index contributed by atoms with van der Waals surface area (Å²) in [5.41, 5.74) is 6.40. The van der Waals surface area contributed by atoms with Crippen LogP contribution in [-0.4, -0.2) is 43.5 Å². The summed E-state index contributed by atoms with van der Waals surface area (Å²) < 4.78 is 0. The Morgan fingerprint density at radius 2 is 1.80 bits per heavy atom. The number of H-pyrrole nitrogens is 1. The summed E-state index contributed by atoms with van der Waals surface area (Å²) in [5.74, 6) is 1.47. The number of carbonyl (C=O) groups is 1. The molecule has 1 aromatic heterocycles. The summed E-state index contributed by atoms with van der Waals surface area (Å²) in [5, 5.41) is 14.0. The Kier molecular flexibility index (Phi) is 6.78. The van der Waals surface area contributed by atoms with Gasteiger partial charge < -0.3 is 10.6 Å².